The summed E-state index contributed by atoms with van der Waals surface area (Å²) in [5, 5.41) is 26.3. The summed E-state index contributed by atoms with van der Waals surface area (Å²) < 4.78 is 7.83. The largest absolute Gasteiger partial charge is 0.483 e. The lowest BCUT2D eigenvalue weighted by Gasteiger charge is -2.45. The number of hydrogen-bond acceptors (Lipinski definition) is 13. The Morgan fingerprint density at radius 1 is 0.920 bits per heavy atom. The number of thiophene rings is 1. The van der Waals surface area contributed by atoms with Crippen molar-refractivity contribution in [2.75, 3.05) is 50.5 Å². The monoisotopic (exact) mass is 1100 g/mol. The number of benzene rings is 3. The van der Waals surface area contributed by atoms with E-state index < -0.39 is 5.97 Å². The van der Waals surface area contributed by atoms with Crippen LogP contribution >= 0.6 is 46.2 Å². The average Bonchev–Trinajstić information content (AvgIpc) is 4.13. The van der Waals surface area contributed by atoms with Gasteiger partial charge in [-0.25, -0.2) is 18.9 Å². The number of aromatic nitrogens is 1. The van der Waals surface area contributed by atoms with Gasteiger partial charge in [0, 0.05) is 80.5 Å². The zero-order valence-electron chi connectivity index (χ0n) is 44.0. The Labute approximate surface area is 458 Å². The maximum absolute atomic E-state index is 13.6. The van der Waals surface area contributed by atoms with Gasteiger partial charge in [0.2, 0.25) is 12.3 Å². The number of carbonyl (C=O) groups is 5. The molecule has 3 aliphatic heterocycles. The van der Waals surface area contributed by atoms with E-state index in [4.69, 9.17) is 21.4 Å². The van der Waals surface area contributed by atoms with Gasteiger partial charge in [-0.1, -0.05) is 85.9 Å². The van der Waals surface area contributed by atoms with E-state index in [2.05, 4.69) is 89.0 Å². The summed E-state index contributed by atoms with van der Waals surface area (Å²) in [5.74, 6) is 0.516. The Balaban J connectivity index is 0.000000428. The number of aliphatic hydroxyl groups excluding tert-OH is 1. The Bertz CT molecular complexity index is 2690. The first-order chi connectivity index (χ1) is 36.1. The number of nitrogens with zero attached hydrogens (tertiary/aromatic N) is 4. The molecule has 2 aromatic heterocycles. The number of carboxylic acid groups (broad SMARTS) is 1. The van der Waals surface area contributed by atoms with Crippen LogP contribution in [0.4, 0.5) is 16.2 Å². The molecule has 3 aliphatic rings. The molecule has 19 heteroatoms. The molecule has 5 aromatic rings. The van der Waals surface area contributed by atoms with Gasteiger partial charge in [-0.2, -0.15) is 0 Å². The van der Waals surface area contributed by atoms with Crippen molar-refractivity contribution in [3.63, 3.8) is 0 Å². The summed E-state index contributed by atoms with van der Waals surface area (Å²) in [7, 11) is 1.00. The number of rotatable bonds is 18. The summed E-state index contributed by atoms with van der Waals surface area (Å²) in [6.45, 7) is 16.4. The first-order valence-corrected chi connectivity index (χ1v) is 28.5. The molecule has 0 saturated carbocycles. The third kappa shape index (κ3) is 15.6. The molecule has 0 spiro atoms. The Morgan fingerprint density at radius 2 is 1.64 bits per heavy atom. The number of aliphatic hydroxyl groups is 1. The number of anilines is 2. The van der Waals surface area contributed by atoms with Crippen LogP contribution in [0.3, 0.4) is 0 Å². The number of likely N-dealkylation sites (tertiary alicyclic amines) is 2. The highest BCUT2D eigenvalue weighted by atomic mass is 35.5. The number of nitrogens with one attached hydrogen (secondary N) is 3. The van der Waals surface area contributed by atoms with Crippen molar-refractivity contribution < 1.29 is 38.9 Å². The predicted octanol–water partition coefficient (Wildman–Crippen LogP) is 11.3. The van der Waals surface area contributed by atoms with Gasteiger partial charge in [0.1, 0.15) is 11.6 Å². The van der Waals surface area contributed by atoms with Gasteiger partial charge >= 0.3 is 12.0 Å². The molecule has 75 heavy (non-hydrogen) atoms. The molecular weight excluding hydrogens is 1030 g/mol. The van der Waals surface area contributed by atoms with Crippen LogP contribution in [0.25, 0.3) is 20.9 Å². The van der Waals surface area contributed by atoms with E-state index >= 15 is 0 Å². The molecule has 15 nitrogen and oxygen atoms in total. The summed E-state index contributed by atoms with van der Waals surface area (Å²) >= 11 is 11.1. The van der Waals surface area contributed by atoms with Crippen molar-refractivity contribution in [2.45, 2.75) is 110 Å². The smallest absolute Gasteiger partial charge is 0.349 e. The SMILES string of the molecule is CC(C)C(C(=O)N1CCCC1C)C1CCN(C(=O)Nc2cccc(CSN3CCC(Nc4cccc(-c5sc(C(=O)O)c(OCC=O)c5Cl)c4)CC3(C)C)c2)CC1.CO.Cc1ncsc1-c1ccc(CNC=O)cc1. The summed E-state index contributed by atoms with van der Waals surface area (Å²) in [6.07, 6.45) is 6.97. The maximum atomic E-state index is 13.6. The van der Waals surface area contributed by atoms with Crippen LogP contribution in [0, 0.1) is 24.7 Å². The molecule has 5 N–H and O–H groups in total. The molecule has 5 heterocycles. The first kappa shape index (κ1) is 58.8. The second-order valence-electron chi connectivity index (χ2n) is 20.0. The highest BCUT2D eigenvalue weighted by Crippen LogP contribution is 2.46. The Kier molecular flexibility index (Phi) is 22.0. The fourth-order valence-corrected chi connectivity index (χ4v) is 13.6. The maximum Gasteiger partial charge on any atom is 0.349 e. The lowest BCUT2D eigenvalue weighted by Crippen LogP contribution is -2.49. The minimum atomic E-state index is -1.16. The van der Waals surface area contributed by atoms with Crippen LogP contribution in [-0.4, -0.2) is 117 Å². The van der Waals surface area contributed by atoms with E-state index in [1.165, 1.54) is 10.4 Å². The molecule has 0 aliphatic carbocycles. The number of aldehydes is 1. The number of piperidine rings is 2. The summed E-state index contributed by atoms with van der Waals surface area (Å²) in [6, 6.07) is 24.5. The van der Waals surface area contributed by atoms with Crippen molar-refractivity contribution >= 4 is 88.2 Å². The van der Waals surface area contributed by atoms with Gasteiger partial charge in [0.05, 0.1) is 21.0 Å². The fraction of sp³-hybridized carbons (Fsp3) is 0.464. The van der Waals surface area contributed by atoms with Crippen LogP contribution in [0.2, 0.25) is 5.02 Å². The van der Waals surface area contributed by atoms with Crippen LogP contribution in [0.15, 0.2) is 78.3 Å². The second kappa shape index (κ2) is 28.0. The van der Waals surface area contributed by atoms with Crippen molar-refractivity contribution in [1.82, 2.24) is 24.4 Å². The number of aryl methyl sites for hydroxylation is 1. The van der Waals surface area contributed by atoms with Gasteiger partial charge in [0.25, 0.3) is 0 Å². The van der Waals surface area contributed by atoms with Crippen molar-refractivity contribution in [3.8, 4) is 26.6 Å². The van der Waals surface area contributed by atoms with Gasteiger partial charge in [-0.05, 0) is 125 Å². The number of urea groups is 1. The number of carbonyl (C=O) groups excluding carboxylic acids is 4. The number of thiazole rings is 1. The van der Waals surface area contributed by atoms with E-state index in [-0.39, 0.29) is 51.7 Å². The lowest BCUT2D eigenvalue weighted by atomic mass is 9.77. The number of ether oxygens (including phenoxy) is 1. The van der Waals surface area contributed by atoms with Crippen molar-refractivity contribution in [2.24, 2.45) is 17.8 Å². The van der Waals surface area contributed by atoms with Crippen molar-refractivity contribution in [1.29, 1.82) is 0 Å². The summed E-state index contributed by atoms with van der Waals surface area (Å²) in [4.78, 5) is 69.8. The molecule has 3 fully saturated rings. The molecule has 3 saturated heterocycles. The molecule has 3 unspecified atom stereocenters. The third-order valence-electron chi connectivity index (χ3n) is 14.0. The van der Waals surface area contributed by atoms with Gasteiger partial charge < -0.3 is 40.7 Å². The minimum Gasteiger partial charge on any atom is -0.483 e. The zero-order chi connectivity index (χ0) is 54.2. The van der Waals surface area contributed by atoms with E-state index in [0.29, 0.717) is 55.1 Å². The van der Waals surface area contributed by atoms with E-state index in [1.54, 1.807) is 11.3 Å². The normalized spacial score (nSPS) is 17.9. The number of amides is 4. The van der Waals surface area contributed by atoms with Gasteiger partial charge in [-0.15, -0.1) is 22.7 Å². The molecular formula is C56H72ClN7O8S3. The van der Waals surface area contributed by atoms with E-state index in [9.17, 15) is 29.1 Å². The predicted molar refractivity (Wildman–Crippen MR) is 304 cm³/mol. The van der Waals surface area contributed by atoms with E-state index in [1.807, 2.05) is 77.8 Å². The number of aromatic carboxylic acids is 1. The molecule has 4 amide bonds. The van der Waals surface area contributed by atoms with Crippen LogP contribution < -0.4 is 20.7 Å². The van der Waals surface area contributed by atoms with Crippen molar-refractivity contribution in [3.05, 3.63) is 105 Å². The third-order valence-corrected chi connectivity index (χ3v) is 18.1. The highest BCUT2D eigenvalue weighted by molar-refractivity contribution is 7.96. The van der Waals surface area contributed by atoms with Gasteiger partial charge in [-0.3, -0.25) is 14.4 Å². The number of hydrogen-bond donors (Lipinski definition) is 5. The molecule has 0 radical (unpaired) electrons. The quantitative estimate of drug-likeness (QED) is 0.0412. The Hall–Kier alpha value is -5.50. The standard InChI is InChI=1S/C43H56ClN5O6S2.C12H12N2OS.CH4O/c1-27(2)35(40(51)48-17-8-9-28(48)3)30-14-18-47(19-15-30)42(54)46-32-12-6-10-29(23-32)26-56-49-20-16-34(25-43(49,4)5)45-33-13-7-11-31(24-33)38-36(44)37(55-22-21-50)39(57-38)41(52)53;1-9-12(16-8-14-9)11-4-2-10(3-5-11)6-13-7-15;1-2/h6-7,10-13,21,23-24,27-28,30,34-35,45H,8-9,14-20,22,25-26H2,1-5H3,(H,46,54)(H,52,53);2-5,7-8H,6H2,1H3,(H,13,15);2H,1H3. The molecule has 8 rings (SSSR count). The second-order valence-corrected chi connectivity index (χ2v) is 23.2. The number of halogens is 1. The van der Waals surface area contributed by atoms with E-state index in [0.717, 1.165) is 110 Å². The van der Waals surface area contributed by atoms with Crippen LogP contribution in [0.5, 0.6) is 5.75 Å². The zero-order valence-corrected chi connectivity index (χ0v) is 47.2. The first-order valence-electron chi connectivity index (χ1n) is 25.5. The summed E-state index contributed by atoms with van der Waals surface area (Å²) in [5.41, 5.74) is 8.69. The molecule has 0 bridgehead atoms. The van der Waals surface area contributed by atoms with Crippen LogP contribution in [-0.2, 0) is 26.7 Å². The molecule has 404 valence electrons. The average molecular weight is 1100 g/mol. The topological polar surface area (TPSA) is 194 Å². The minimum absolute atomic E-state index is 0.00901. The molecule has 3 atom stereocenters. The highest BCUT2D eigenvalue weighted by Gasteiger charge is 2.39. The fourth-order valence-electron chi connectivity index (χ4n) is 10.3. The number of carboxylic acids is 1. The van der Waals surface area contributed by atoms with Gasteiger partial charge in [0.15, 0.2) is 16.9 Å². The van der Waals surface area contributed by atoms with Crippen LogP contribution in [0.1, 0.15) is 99.6 Å². The Morgan fingerprint density at radius 3 is 2.27 bits per heavy atom. The molecule has 3 aromatic carbocycles. The lowest BCUT2D eigenvalue weighted by molar-refractivity contribution is -0.140.